The number of hydrogen-bond donors (Lipinski definition) is 3. The maximum Gasteiger partial charge on any atom is 0.204 e. The molecule has 0 amide bonds. The topological polar surface area (TPSA) is 78.2 Å². The first-order valence-electron chi connectivity index (χ1n) is 11.3. The Morgan fingerprint density at radius 2 is 2.13 bits per heavy atom. The number of nitrogens with zero attached hydrogens (tertiary/aromatic N) is 2. The molecule has 2 saturated carbocycles. The molecule has 5 nitrogen and oxygen atoms in total. The van der Waals surface area contributed by atoms with Crippen LogP contribution >= 0.6 is 0 Å². The molecule has 0 radical (unpaired) electrons. The number of benzene rings is 1. The highest BCUT2D eigenvalue weighted by molar-refractivity contribution is 5.77. The van der Waals surface area contributed by atoms with Crippen molar-refractivity contribution in [2.45, 2.75) is 44.6 Å². The number of halogens is 2. The van der Waals surface area contributed by atoms with E-state index in [2.05, 4.69) is 27.0 Å². The highest BCUT2D eigenvalue weighted by atomic mass is 19.2. The van der Waals surface area contributed by atoms with Crippen LogP contribution < -0.4 is 10.6 Å². The number of aliphatic hydroxyl groups excluding tert-OH is 1. The molecule has 4 N–H and O–H groups in total. The van der Waals surface area contributed by atoms with E-state index in [1.54, 1.807) is 0 Å². The summed E-state index contributed by atoms with van der Waals surface area (Å²) in [6, 6.07) is 2.67. The molecule has 0 saturated heterocycles. The molecule has 7 heteroatoms. The number of aliphatic hydroxyl groups is 1. The van der Waals surface area contributed by atoms with Crippen molar-refractivity contribution >= 4 is 17.0 Å². The summed E-state index contributed by atoms with van der Waals surface area (Å²) in [7, 11) is 0. The fourth-order valence-corrected chi connectivity index (χ4v) is 5.93. The van der Waals surface area contributed by atoms with Gasteiger partial charge in [0.2, 0.25) is 5.95 Å². The van der Waals surface area contributed by atoms with Gasteiger partial charge in [-0.05, 0) is 67.9 Å². The van der Waals surface area contributed by atoms with Crippen molar-refractivity contribution in [2.24, 2.45) is 23.0 Å². The largest absolute Gasteiger partial charge is 0.392 e. The molecule has 2 aromatic rings. The van der Waals surface area contributed by atoms with E-state index >= 15 is 0 Å². The van der Waals surface area contributed by atoms with Crippen LogP contribution in [-0.2, 0) is 0 Å². The Bertz CT molecular complexity index is 993. The molecular formula is C24H30F2N4O. The normalized spacial score (nSPS) is 29.7. The third-order valence-electron chi connectivity index (χ3n) is 7.66. The van der Waals surface area contributed by atoms with Gasteiger partial charge in [-0.1, -0.05) is 18.2 Å². The van der Waals surface area contributed by atoms with Crippen molar-refractivity contribution in [3.63, 3.8) is 0 Å². The minimum Gasteiger partial charge on any atom is -0.392 e. The lowest BCUT2D eigenvalue weighted by atomic mass is 9.73. The quantitative estimate of drug-likeness (QED) is 0.622. The summed E-state index contributed by atoms with van der Waals surface area (Å²) in [4.78, 5) is 10.1. The van der Waals surface area contributed by atoms with Crippen LogP contribution in [0.4, 0.5) is 14.7 Å². The zero-order chi connectivity index (χ0) is 21.6. The van der Waals surface area contributed by atoms with Crippen molar-refractivity contribution in [2.75, 3.05) is 24.6 Å². The molecule has 3 aliphatic carbocycles. The van der Waals surface area contributed by atoms with Gasteiger partial charge in [0.1, 0.15) is 0 Å². The molecule has 3 aliphatic rings. The maximum absolute atomic E-state index is 13.7. The molecule has 1 aromatic carbocycles. The number of aromatic nitrogens is 2. The Balaban J connectivity index is 1.36. The summed E-state index contributed by atoms with van der Waals surface area (Å²) >= 11 is 0. The van der Waals surface area contributed by atoms with Crippen molar-refractivity contribution < 1.29 is 13.9 Å². The lowest BCUT2D eigenvalue weighted by Gasteiger charge is -2.39. The van der Waals surface area contributed by atoms with E-state index in [0.717, 1.165) is 50.3 Å². The van der Waals surface area contributed by atoms with Gasteiger partial charge >= 0.3 is 0 Å². The third-order valence-corrected chi connectivity index (χ3v) is 7.66. The number of aromatic amines is 1. The van der Waals surface area contributed by atoms with Crippen LogP contribution in [-0.4, -0.2) is 40.8 Å². The first-order valence-corrected chi connectivity index (χ1v) is 11.3. The Hall–Kier alpha value is -2.25. The fourth-order valence-electron chi connectivity index (χ4n) is 5.93. The second-order valence-electron chi connectivity index (χ2n) is 9.39. The van der Waals surface area contributed by atoms with Gasteiger partial charge in [-0.3, -0.25) is 0 Å². The summed E-state index contributed by atoms with van der Waals surface area (Å²) in [6.07, 6.45) is 13.0. The number of anilines is 1. The molecular weight excluding hydrogens is 398 g/mol. The van der Waals surface area contributed by atoms with E-state index < -0.39 is 11.6 Å². The average molecular weight is 429 g/mol. The summed E-state index contributed by atoms with van der Waals surface area (Å²) in [5.41, 5.74) is 8.14. The molecule has 166 valence electrons. The minimum absolute atomic E-state index is 0.108. The van der Waals surface area contributed by atoms with Gasteiger partial charge in [-0.25, -0.2) is 13.8 Å². The van der Waals surface area contributed by atoms with E-state index in [9.17, 15) is 13.9 Å². The highest BCUT2D eigenvalue weighted by Crippen LogP contribution is 2.67. The number of imidazole rings is 1. The van der Waals surface area contributed by atoms with Gasteiger partial charge in [0.15, 0.2) is 11.6 Å². The van der Waals surface area contributed by atoms with Crippen LogP contribution in [0, 0.1) is 28.9 Å². The standard InChI is InChI=1S/C24H30F2N4O/c25-19-11-21-22(12-20(19)26)29-23(28-21)30(8-2-7-27)18-5-6-24(13-17(24)10-18)16-4-1-3-15(9-16)14-31/h1,3,9,11-12,16-18,31H,2,4-8,10,13-14,27H2,(H,28,29)/t16?,17-,18+,24+/m0/s1. The number of H-pyrrole nitrogens is 1. The van der Waals surface area contributed by atoms with Crippen molar-refractivity contribution in [3.05, 3.63) is 47.6 Å². The van der Waals surface area contributed by atoms with Gasteiger partial charge in [-0.2, -0.15) is 0 Å². The molecule has 5 rings (SSSR count). The number of allylic oxidation sites excluding steroid dienone is 2. The van der Waals surface area contributed by atoms with Crippen LogP contribution in [0.5, 0.6) is 0 Å². The van der Waals surface area contributed by atoms with Gasteiger partial charge in [0, 0.05) is 24.7 Å². The Labute approximate surface area is 181 Å². The third kappa shape index (κ3) is 3.68. The number of fused-ring (bicyclic) bond motifs is 2. The van der Waals surface area contributed by atoms with E-state index in [4.69, 9.17) is 5.73 Å². The van der Waals surface area contributed by atoms with E-state index in [-0.39, 0.29) is 6.61 Å². The summed E-state index contributed by atoms with van der Waals surface area (Å²) < 4.78 is 27.3. The van der Waals surface area contributed by atoms with Crippen LogP contribution in [0.25, 0.3) is 11.0 Å². The van der Waals surface area contributed by atoms with E-state index in [1.807, 2.05) is 6.08 Å². The molecule has 1 unspecified atom stereocenters. The zero-order valence-electron chi connectivity index (χ0n) is 17.7. The van der Waals surface area contributed by atoms with Crippen LogP contribution in [0.3, 0.4) is 0 Å². The lowest BCUT2D eigenvalue weighted by molar-refractivity contribution is 0.234. The number of nitrogens with two attached hydrogens (primary N) is 1. The van der Waals surface area contributed by atoms with Crippen molar-refractivity contribution in [3.8, 4) is 0 Å². The summed E-state index contributed by atoms with van der Waals surface area (Å²) in [5.74, 6) is 0.110. The van der Waals surface area contributed by atoms with Crippen LogP contribution in [0.15, 0.2) is 35.9 Å². The van der Waals surface area contributed by atoms with E-state index in [1.165, 1.54) is 12.5 Å². The summed E-state index contributed by atoms with van der Waals surface area (Å²) in [6.45, 7) is 1.46. The molecule has 0 spiro atoms. The van der Waals surface area contributed by atoms with Crippen LogP contribution in [0.1, 0.15) is 38.5 Å². The summed E-state index contributed by atoms with van der Waals surface area (Å²) in [5, 5.41) is 9.53. The fraction of sp³-hybridized carbons (Fsp3) is 0.542. The molecule has 0 bridgehead atoms. The lowest BCUT2D eigenvalue weighted by Crippen LogP contribution is -2.41. The molecule has 0 aliphatic heterocycles. The molecule has 31 heavy (non-hydrogen) atoms. The Morgan fingerprint density at radius 3 is 2.90 bits per heavy atom. The van der Waals surface area contributed by atoms with Gasteiger partial charge in [0.05, 0.1) is 17.6 Å². The number of rotatable bonds is 7. The van der Waals surface area contributed by atoms with E-state index in [0.29, 0.717) is 46.8 Å². The number of nitrogens with one attached hydrogen (secondary N) is 1. The highest BCUT2D eigenvalue weighted by Gasteiger charge is 2.60. The SMILES string of the molecule is NCCCN(c1nc2cc(F)c(F)cc2[nH]1)[C@@H]1CC[C@]2(C3C=C(CO)C=CC3)C[C@@H]2C1. The predicted molar refractivity (Wildman–Crippen MR) is 118 cm³/mol. The average Bonchev–Trinajstić information content (AvgIpc) is 3.40. The first-order chi connectivity index (χ1) is 15.0. The minimum atomic E-state index is -0.878. The molecule has 1 heterocycles. The second kappa shape index (κ2) is 8.02. The van der Waals surface area contributed by atoms with Gasteiger partial charge < -0.3 is 20.7 Å². The molecule has 2 fully saturated rings. The first kappa shape index (κ1) is 20.6. The van der Waals surface area contributed by atoms with Crippen molar-refractivity contribution in [1.82, 2.24) is 9.97 Å². The zero-order valence-corrected chi connectivity index (χ0v) is 17.7. The molecule has 4 atom stereocenters. The van der Waals surface area contributed by atoms with Gasteiger partial charge in [-0.15, -0.1) is 0 Å². The predicted octanol–water partition coefficient (Wildman–Crippen LogP) is 4.05. The molecule has 1 aromatic heterocycles. The Morgan fingerprint density at radius 1 is 1.29 bits per heavy atom. The van der Waals surface area contributed by atoms with Gasteiger partial charge in [0.25, 0.3) is 0 Å². The Kier molecular flexibility index (Phi) is 5.34. The number of hydrogen-bond acceptors (Lipinski definition) is 4. The second-order valence-corrected chi connectivity index (χ2v) is 9.39. The monoisotopic (exact) mass is 428 g/mol. The van der Waals surface area contributed by atoms with Crippen LogP contribution in [0.2, 0.25) is 0 Å². The smallest absolute Gasteiger partial charge is 0.204 e. The van der Waals surface area contributed by atoms with Crippen molar-refractivity contribution in [1.29, 1.82) is 0 Å². The maximum atomic E-state index is 13.7.